The van der Waals surface area contributed by atoms with Crippen molar-refractivity contribution in [2.24, 2.45) is 5.10 Å². The van der Waals surface area contributed by atoms with E-state index in [0.717, 1.165) is 5.56 Å². The summed E-state index contributed by atoms with van der Waals surface area (Å²) in [5, 5.41) is 3.96. The second-order valence-electron chi connectivity index (χ2n) is 6.68. The van der Waals surface area contributed by atoms with Crippen molar-refractivity contribution in [2.45, 2.75) is 6.92 Å². The molecular formula is C24H20N2O6. The van der Waals surface area contributed by atoms with E-state index < -0.39 is 5.97 Å². The summed E-state index contributed by atoms with van der Waals surface area (Å²) in [6.45, 7) is 2.59. The maximum atomic E-state index is 12.3. The van der Waals surface area contributed by atoms with Crippen LogP contribution >= 0.6 is 0 Å². The lowest BCUT2D eigenvalue weighted by molar-refractivity contribution is 0.0734. The molecule has 0 fully saturated rings. The fraction of sp³-hybridized carbons (Fsp3) is 0.125. The molecular weight excluding hydrogens is 412 g/mol. The van der Waals surface area contributed by atoms with Gasteiger partial charge in [-0.05, 0) is 79.2 Å². The molecule has 0 radical (unpaired) electrons. The fourth-order valence-corrected chi connectivity index (χ4v) is 2.91. The van der Waals surface area contributed by atoms with Crippen molar-refractivity contribution in [3.8, 4) is 23.0 Å². The highest BCUT2D eigenvalue weighted by atomic mass is 16.7. The van der Waals surface area contributed by atoms with Gasteiger partial charge in [-0.3, -0.25) is 4.79 Å². The number of nitrogens with zero attached hydrogens (tertiary/aromatic N) is 1. The van der Waals surface area contributed by atoms with Crippen LogP contribution in [0.2, 0.25) is 0 Å². The SMILES string of the molecule is CCOc1ccc(C(=O)Oc2ccc(/C=N\NC(=O)c3ccc4c(c3)OCO4)cc2)cc1. The van der Waals surface area contributed by atoms with Gasteiger partial charge in [-0.15, -0.1) is 0 Å². The van der Waals surface area contributed by atoms with Crippen LogP contribution in [0, 0.1) is 0 Å². The van der Waals surface area contributed by atoms with E-state index in [4.69, 9.17) is 18.9 Å². The molecule has 3 aromatic carbocycles. The number of nitrogens with one attached hydrogen (secondary N) is 1. The summed E-state index contributed by atoms with van der Waals surface area (Å²) in [6.07, 6.45) is 1.49. The Kier molecular flexibility index (Phi) is 6.31. The van der Waals surface area contributed by atoms with Crippen LogP contribution < -0.4 is 24.4 Å². The Morgan fingerprint density at radius 2 is 1.62 bits per heavy atom. The number of carbonyl (C=O) groups excluding carboxylic acids is 2. The van der Waals surface area contributed by atoms with Gasteiger partial charge in [-0.1, -0.05) is 0 Å². The quantitative estimate of drug-likeness (QED) is 0.264. The third-order valence-corrected chi connectivity index (χ3v) is 4.51. The molecule has 162 valence electrons. The highest BCUT2D eigenvalue weighted by molar-refractivity contribution is 5.95. The number of benzene rings is 3. The minimum atomic E-state index is -0.467. The molecule has 1 aliphatic rings. The predicted octanol–water partition coefficient (Wildman–Crippen LogP) is 3.80. The number of esters is 1. The molecule has 32 heavy (non-hydrogen) atoms. The lowest BCUT2D eigenvalue weighted by atomic mass is 10.2. The second-order valence-corrected chi connectivity index (χ2v) is 6.68. The van der Waals surface area contributed by atoms with Crippen molar-refractivity contribution in [3.63, 3.8) is 0 Å². The zero-order valence-corrected chi connectivity index (χ0v) is 17.2. The molecule has 0 spiro atoms. The summed E-state index contributed by atoms with van der Waals surface area (Å²) in [5.41, 5.74) is 4.01. The third kappa shape index (κ3) is 5.04. The van der Waals surface area contributed by atoms with Crippen LogP contribution in [0.3, 0.4) is 0 Å². The largest absolute Gasteiger partial charge is 0.494 e. The van der Waals surface area contributed by atoms with E-state index in [1.54, 1.807) is 66.7 Å². The van der Waals surface area contributed by atoms with Gasteiger partial charge < -0.3 is 18.9 Å². The summed E-state index contributed by atoms with van der Waals surface area (Å²) in [5.74, 6) is 1.38. The normalized spacial score (nSPS) is 11.9. The number of fused-ring (bicyclic) bond motifs is 1. The average molecular weight is 432 g/mol. The Morgan fingerprint density at radius 3 is 2.38 bits per heavy atom. The fourth-order valence-electron chi connectivity index (χ4n) is 2.91. The summed E-state index contributed by atoms with van der Waals surface area (Å²) >= 11 is 0. The topological polar surface area (TPSA) is 95.5 Å². The molecule has 4 rings (SSSR count). The molecule has 8 heteroatoms. The highest BCUT2D eigenvalue weighted by Crippen LogP contribution is 2.32. The molecule has 0 unspecified atom stereocenters. The first-order chi connectivity index (χ1) is 15.6. The smallest absolute Gasteiger partial charge is 0.343 e. The summed E-state index contributed by atoms with van der Waals surface area (Å²) < 4.78 is 21.2. The van der Waals surface area contributed by atoms with Crippen molar-refractivity contribution in [2.75, 3.05) is 13.4 Å². The molecule has 1 amide bonds. The Morgan fingerprint density at radius 1 is 0.938 bits per heavy atom. The number of ether oxygens (including phenoxy) is 4. The van der Waals surface area contributed by atoms with Crippen molar-refractivity contribution in [3.05, 3.63) is 83.4 Å². The van der Waals surface area contributed by atoms with Gasteiger partial charge in [0.2, 0.25) is 6.79 Å². The molecule has 0 aromatic heterocycles. The second kappa shape index (κ2) is 9.65. The van der Waals surface area contributed by atoms with Crippen LogP contribution in [0.1, 0.15) is 33.2 Å². The van der Waals surface area contributed by atoms with Gasteiger partial charge in [0, 0.05) is 5.56 Å². The number of carbonyl (C=O) groups is 2. The van der Waals surface area contributed by atoms with Crippen molar-refractivity contribution in [1.29, 1.82) is 0 Å². The van der Waals surface area contributed by atoms with E-state index in [0.29, 0.717) is 40.7 Å². The maximum Gasteiger partial charge on any atom is 0.343 e. The van der Waals surface area contributed by atoms with Crippen LogP contribution in [-0.2, 0) is 0 Å². The molecule has 0 saturated heterocycles. The van der Waals surface area contributed by atoms with Crippen LogP contribution in [0.4, 0.5) is 0 Å². The molecule has 0 saturated carbocycles. The van der Waals surface area contributed by atoms with Crippen LogP contribution in [0.25, 0.3) is 0 Å². The van der Waals surface area contributed by atoms with Crippen LogP contribution in [-0.4, -0.2) is 31.5 Å². The van der Waals surface area contributed by atoms with Gasteiger partial charge >= 0.3 is 5.97 Å². The highest BCUT2D eigenvalue weighted by Gasteiger charge is 2.16. The summed E-state index contributed by atoms with van der Waals surface area (Å²) in [6, 6.07) is 18.4. The average Bonchev–Trinajstić information content (AvgIpc) is 3.29. The molecule has 0 aliphatic carbocycles. The lowest BCUT2D eigenvalue weighted by Crippen LogP contribution is -2.17. The van der Waals surface area contributed by atoms with Gasteiger partial charge in [-0.2, -0.15) is 5.10 Å². The number of hydrogen-bond acceptors (Lipinski definition) is 7. The monoisotopic (exact) mass is 432 g/mol. The lowest BCUT2D eigenvalue weighted by Gasteiger charge is -2.06. The summed E-state index contributed by atoms with van der Waals surface area (Å²) in [4.78, 5) is 24.5. The third-order valence-electron chi connectivity index (χ3n) is 4.51. The Labute approximate surface area is 184 Å². The first kappa shape index (κ1) is 20.9. The van der Waals surface area contributed by atoms with E-state index in [1.165, 1.54) is 6.21 Å². The zero-order valence-electron chi connectivity index (χ0n) is 17.2. The molecule has 1 N–H and O–H groups in total. The molecule has 1 aliphatic heterocycles. The number of amides is 1. The number of rotatable bonds is 7. The Balaban J connectivity index is 1.30. The van der Waals surface area contributed by atoms with E-state index in [2.05, 4.69) is 10.5 Å². The maximum absolute atomic E-state index is 12.3. The first-order valence-electron chi connectivity index (χ1n) is 9.90. The molecule has 3 aromatic rings. The molecule has 8 nitrogen and oxygen atoms in total. The Hall–Kier alpha value is -4.33. The van der Waals surface area contributed by atoms with Gasteiger partial charge in [-0.25, -0.2) is 10.2 Å². The van der Waals surface area contributed by atoms with Crippen LogP contribution in [0.15, 0.2) is 71.8 Å². The number of hydrazone groups is 1. The van der Waals surface area contributed by atoms with Gasteiger partial charge in [0.1, 0.15) is 11.5 Å². The van der Waals surface area contributed by atoms with Gasteiger partial charge in [0.05, 0.1) is 18.4 Å². The molecule has 0 atom stereocenters. The van der Waals surface area contributed by atoms with E-state index in [-0.39, 0.29) is 12.7 Å². The van der Waals surface area contributed by atoms with Crippen molar-refractivity contribution < 1.29 is 28.5 Å². The van der Waals surface area contributed by atoms with E-state index in [9.17, 15) is 9.59 Å². The molecule has 1 heterocycles. The van der Waals surface area contributed by atoms with Crippen molar-refractivity contribution in [1.82, 2.24) is 5.43 Å². The predicted molar refractivity (Wildman–Crippen MR) is 117 cm³/mol. The molecule has 0 bridgehead atoms. The van der Waals surface area contributed by atoms with E-state index >= 15 is 0 Å². The minimum absolute atomic E-state index is 0.143. The van der Waals surface area contributed by atoms with E-state index in [1.807, 2.05) is 6.92 Å². The number of hydrogen-bond donors (Lipinski definition) is 1. The van der Waals surface area contributed by atoms with Crippen LogP contribution in [0.5, 0.6) is 23.0 Å². The van der Waals surface area contributed by atoms with Gasteiger partial charge in [0.25, 0.3) is 5.91 Å². The van der Waals surface area contributed by atoms with Gasteiger partial charge in [0.15, 0.2) is 11.5 Å². The van der Waals surface area contributed by atoms with Crippen molar-refractivity contribution >= 4 is 18.1 Å². The first-order valence-corrected chi connectivity index (χ1v) is 9.90. The zero-order chi connectivity index (χ0) is 22.3. The standard InChI is InChI=1S/C24H20N2O6/c1-2-29-19-10-5-17(6-11-19)24(28)32-20-8-3-16(4-9-20)14-25-26-23(27)18-7-12-21-22(13-18)31-15-30-21/h3-14H,2,15H2,1H3,(H,26,27)/b25-14-. The minimum Gasteiger partial charge on any atom is -0.494 e. The summed E-state index contributed by atoms with van der Waals surface area (Å²) in [7, 11) is 0. The Bertz CT molecular complexity index is 1140.